The number of carbonyl (C=O) groups is 1. The molecule has 1 N–H and O–H groups in total. The van der Waals surface area contributed by atoms with E-state index in [0.29, 0.717) is 12.5 Å². The molecule has 0 aromatic carbocycles. The van der Waals surface area contributed by atoms with Crippen molar-refractivity contribution in [3.8, 4) is 0 Å². The van der Waals surface area contributed by atoms with Gasteiger partial charge in [0.1, 0.15) is 0 Å². The summed E-state index contributed by atoms with van der Waals surface area (Å²) in [7, 11) is 1.81. The molecule has 0 bridgehead atoms. The number of likely N-dealkylation sites (tertiary alicyclic amines) is 1. The number of hydrogen-bond acceptors (Lipinski definition) is 5. The Bertz CT molecular complexity index is 584. The van der Waals surface area contributed by atoms with Crippen LogP contribution in [0.1, 0.15) is 50.2 Å². The standard InChI is InChI=1S/C18H30N4O2S.HI/c1-5-24-17(23)14-7-10-22(11-8-14)18(19-4)20-9-6-15-12-25-16(21-15)13(2)3;/h12-14H,5-11H2,1-4H3,(H,19,20);1H. The van der Waals surface area contributed by atoms with Gasteiger partial charge in [-0.1, -0.05) is 13.8 Å². The van der Waals surface area contributed by atoms with Gasteiger partial charge < -0.3 is 15.0 Å². The first-order valence-corrected chi connectivity index (χ1v) is 9.99. The third-order valence-electron chi connectivity index (χ3n) is 4.35. The zero-order chi connectivity index (χ0) is 18.2. The van der Waals surface area contributed by atoms with E-state index in [9.17, 15) is 4.79 Å². The number of ether oxygens (including phenoxy) is 1. The molecule has 1 aromatic rings. The lowest BCUT2D eigenvalue weighted by molar-refractivity contribution is -0.149. The number of nitrogens with zero attached hydrogens (tertiary/aromatic N) is 3. The smallest absolute Gasteiger partial charge is 0.309 e. The minimum absolute atomic E-state index is 0. The van der Waals surface area contributed by atoms with E-state index in [1.165, 1.54) is 5.01 Å². The maximum absolute atomic E-state index is 11.8. The van der Waals surface area contributed by atoms with E-state index < -0.39 is 0 Å². The largest absolute Gasteiger partial charge is 0.466 e. The van der Waals surface area contributed by atoms with Gasteiger partial charge >= 0.3 is 5.97 Å². The number of carbonyl (C=O) groups excluding carboxylic acids is 1. The third-order valence-corrected chi connectivity index (χ3v) is 5.55. The SMILES string of the molecule is CCOC(=O)C1CCN(C(=NC)NCCc2csc(C(C)C)n2)CC1.I. The van der Waals surface area contributed by atoms with Crippen LogP contribution in [0.5, 0.6) is 0 Å². The van der Waals surface area contributed by atoms with Gasteiger partial charge in [-0.25, -0.2) is 4.98 Å². The Kier molecular flexibility index (Phi) is 10.4. The normalized spacial score (nSPS) is 15.7. The molecule has 0 saturated carbocycles. The van der Waals surface area contributed by atoms with Crippen LogP contribution < -0.4 is 5.32 Å². The van der Waals surface area contributed by atoms with Gasteiger partial charge in [0.25, 0.3) is 0 Å². The summed E-state index contributed by atoms with van der Waals surface area (Å²) in [6.07, 6.45) is 2.54. The second-order valence-corrected chi connectivity index (χ2v) is 7.46. The molecule has 0 amide bonds. The van der Waals surface area contributed by atoms with Crippen molar-refractivity contribution in [2.75, 3.05) is 33.3 Å². The number of hydrogen-bond donors (Lipinski definition) is 1. The quantitative estimate of drug-likeness (QED) is 0.285. The van der Waals surface area contributed by atoms with Crippen molar-refractivity contribution in [1.82, 2.24) is 15.2 Å². The Balaban J connectivity index is 0.00000338. The highest BCUT2D eigenvalue weighted by Crippen LogP contribution is 2.20. The molecule has 0 radical (unpaired) electrons. The Morgan fingerprint density at radius 2 is 2.15 bits per heavy atom. The molecule has 1 aliphatic heterocycles. The summed E-state index contributed by atoms with van der Waals surface area (Å²) in [5.41, 5.74) is 1.14. The molecule has 1 saturated heterocycles. The van der Waals surface area contributed by atoms with E-state index >= 15 is 0 Å². The van der Waals surface area contributed by atoms with Crippen LogP contribution in [0.15, 0.2) is 10.4 Å². The van der Waals surface area contributed by atoms with Crippen LogP contribution in [0.3, 0.4) is 0 Å². The molecule has 8 heteroatoms. The molecule has 1 aromatic heterocycles. The maximum Gasteiger partial charge on any atom is 0.309 e. The predicted octanol–water partition coefficient (Wildman–Crippen LogP) is 3.28. The first-order chi connectivity index (χ1) is 12.0. The Morgan fingerprint density at radius 1 is 1.46 bits per heavy atom. The summed E-state index contributed by atoms with van der Waals surface area (Å²) in [5, 5.41) is 6.76. The molecule has 2 heterocycles. The summed E-state index contributed by atoms with van der Waals surface area (Å²) in [4.78, 5) is 23.1. The number of aliphatic imine (C=N–C) groups is 1. The topological polar surface area (TPSA) is 66.8 Å². The monoisotopic (exact) mass is 494 g/mol. The summed E-state index contributed by atoms with van der Waals surface area (Å²) >= 11 is 1.73. The highest BCUT2D eigenvalue weighted by Gasteiger charge is 2.27. The van der Waals surface area contributed by atoms with Crippen molar-refractivity contribution in [2.45, 2.75) is 46.0 Å². The number of aromatic nitrogens is 1. The van der Waals surface area contributed by atoms with E-state index in [-0.39, 0.29) is 35.9 Å². The van der Waals surface area contributed by atoms with E-state index in [1.54, 1.807) is 18.4 Å². The Labute approximate surface area is 177 Å². The van der Waals surface area contributed by atoms with Gasteiger partial charge in [-0.2, -0.15) is 0 Å². The Morgan fingerprint density at radius 3 is 2.69 bits per heavy atom. The van der Waals surface area contributed by atoms with Crippen LogP contribution in [0, 0.1) is 5.92 Å². The first-order valence-electron chi connectivity index (χ1n) is 9.11. The molecule has 26 heavy (non-hydrogen) atoms. The molecule has 0 atom stereocenters. The predicted molar refractivity (Wildman–Crippen MR) is 118 cm³/mol. The van der Waals surface area contributed by atoms with Crippen LogP contribution in [-0.2, 0) is 16.0 Å². The highest BCUT2D eigenvalue weighted by molar-refractivity contribution is 14.0. The van der Waals surface area contributed by atoms with Gasteiger partial charge in [-0.15, -0.1) is 35.3 Å². The van der Waals surface area contributed by atoms with Crippen molar-refractivity contribution in [1.29, 1.82) is 0 Å². The number of rotatable bonds is 6. The average molecular weight is 494 g/mol. The van der Waals surface area contributed by atoms with E-state index in [1.807, 2.05) is 6.92 Å². The third kappa shape index (κ3) is 6.68. The maximum atomic E-state index is 11.8. The molecule has 148 valence electrons. The minimum atomic E-state index is -0.0606. The lowest BCUT2D eigenvalue weighted by atomic mass is 9.97. The molecule has 1 fully saturated rings. The van der Waals surface area contributed by atoms with Crippen LogP contribution in [-0.4, -0.2) is 55.1 Å². The molecule has 0 unspecified atom stereocenters. The number of thiazole rings is 1. The van der Waals surface area contributed by atoms with E-state index in [0.717, 1.165) is 50.6 Å². The van der Waals surface area contributed by atoms with Crippen molar-refractivity contribution in [2.24, 2.45) is 10.9 Å². The fourth-order valence-electron chi connectivity index (χ4n) is 2.92. The number of guanidine groups is 1. The number of halogens is 1. The number of esters is 1. The van der Waals surface area contributed by atoms with Crippen LogP contribution in [0.25, 0.3) is 0 Å². The van der Waals surface area contributed by atoms with Crippen LogP contribution in [0.4, 0.5) is 0 Å². The molecule has 0 aliphatic carbocycles. The molecule has 0 spiro atoms. The lowest BCUT2D eigenvalue weighted by Crippen LogP contribution is -2.47. The van der Waals surface area contributed by atoms with Crippen LogP contribution in [0.2, 0.25) is 0 Å². The molecular weight excluding hydrogens is 463 g/mol. The van der Waals surface area contributed by atoms with Crippen LogP contribution >= 0.6 is 35.3 Å². The molecule has 1 aliphatic rings. The van der Waals surface area contributed by atoms with Crippen molar-refractivity contribution >= 4 is 47.2 Å². The lowest BCUT2D eigenvalue weighted by Gasteiger charge is -2.33. The second-order valence-electron chi connectivity index (χ2n) is 6.57. The van der Waals surface area contributed by atoms with Crippen molar-refractivity contribution in [3.05, 3.63) is 16.1 Å². The molecular formula is C18H31IN4O2S. The van der Waals surface area contributed by atoms with Crippen molar-refractivity contribution < 1.29 is 9.53 Å². The zero-order valence-corrected chi connectivity index (χ0v) is 19.3. The van der Waals surface area contributed by atoms with Gasteiger partial charge in [-0.05, 0) is 19.8 Å². The summed E-state index contributed by atoms with van der Waals surface area (Å²) in [5.74, 6) is 1.36. The summed E-state index contributed by atoms with van der Waals surface area (Å²) < 4.78 is 5.13. The van der Waals surface area contributed by atoms with Gasteiger partial charge in [0.2, 0.25) is 0 Å². The van der Waals surface area contributed by atoms with Gasteiger partial charge in [0.05, 0.1) is 23.2 Å². The molecule has 6 nitrogen and oxygen atoms in total. The van der Waals surface area contributed by atoms with Gasteiger partial charge in [-0.3, -0.25) is 9.79 Å². The number of piperidine rings is 1. The minimum Gasteiger partial charge on any atom is -0.466 e. The summed E-state index contributed by atoms with van der Waals surface area (Å²) in [6.45, 7) is 9.12. The summed E-state index contributed by atoms with van der Waals surface area (Å²) in [6, 6.07) is 0. The van der Waals surface area contributed by atoms with E-state index in [4.69, 9.17) is 4.74 Å². The molecule has 2 rings (SSSR count). The Hall–Kier alpha value is -0.900. The van der Waals surface area contributed by atoms with Gasteiger partial charge in [0.15, 0.2) is 5.96 Å². The first kappa shape index (κ1) is 23.1. The fraction of sp³-hybridized carbons (Fsp3) is 0.722. The average Bonchev–Trinajstić information content (AvgIpc) is 3.08. The number of nitrogens with one attached hydrogen (secondary N) is 1. The van der Waals surface area contributed by atoms with E-state index in [2.05, 4.69) is 39.4 Å². The highest BCUT2D eigenvalue weighted by atomic mass is 127. The zero-order valence-electron chi connectivity index (χ0n) is 16.2. The second kappa shape index (κ2) is 11.7. The van der Waals surface area contributed by atoms with Crippen molar-refractivity contribution in [3.63, 3.8) is 0 Å². The van der Waals surface area contributed by atoms with Gasteiger partial charge in [0, 0.05) is 44.4 Å². The fourth-order valence-corrected chi connectivity index (χ4v) is 3.79.